The highest BCUT2D eigenvalue weighted by atomic mass is 15.2. The van der Waals surface area contributed by atoms with Gasteiger partial charge in [-0.15, -0.1) is 0 Å². The lowest BCUT2D eigenvalue weighted by Gasteiger charge is -2.30. The third kappa shape index (κ3) is 3.66. The highest BCUT2D eigenvalue weighted by Crippen LogP contribution is 2.58. The van der Waals surface area contributed by atoms with E-state index in [0.717, 1.165) is 0 Å². The number of hydrogen-bond donors (Lipinski definition) is 0. The highest BCUT2D eigenvalue weighted by molar-refractivity contribution is 6.04. The van der Waals surface area contributed by atoms with Crippen LogP contribution < -0.4 is 4.90 Å². The molecule has 4 aromatic carbocycles. The molecule has 0 fully saturated rings. The van der Waals surface area contributed by atoms with Gasteiger partial charge in [-0.1, -0.05) is 110 Å². The van der Waals surface area contributed by atoms with E-state index in [1.807, 2.05) is 0 Å². The molecule has 1 nitrogen and oxygen atoms in total. The van der Waals surface area contributed by atoms with Crippen LogP contribution in [0.1, 0.15) is 89.5 Å². The lowest BCUT2D eigenvalue weighted by molar-refractivity contribution is 0.589. The van der Waals surface area contributed by atoms with Gasteiger partial charge in [0.1, 0.15) is 0 Å². The van der Waals surface area contributed by atoms with Crippen LogP contribution in [-0.2, 0) is 10.8 Å². The molecule has 0 bridgehead atoms. The highest BCUT2D eigenvalue weighted by Gasteiger charge is 2.36. The summed E-state index contributed by atoms with van der Waals surface area (Å²) in [4.78, 5) is 2.58. The first kappa shape index (κ1) is 24.0. The Bertz CT molecular complexity index is 1530. The van der Waals surface area contributed by atoms with Gasteiger partial charge < -0.3 is 4.90 Å². The molecule has 2 aliphatic heterocycles. The lowest BCUT2D eigenvalue weighted by Crippen LogP contribution is -2.15. The zero-order valence-electron chi connectivity index (χ0n) is 23.6. The molecule has 37 heavy (non-hydrogen) atoms. The van der Waals surface area contributed by atoms with Crippen LogP contribution in [-0.4, -0.2) is 0 Å². The van der Waals surface area contributed by atoms with Gasteiger partial charge in [0.2, 0.25) is 0 Å². The molecule has 0 N–H and O–H groups in total. The van der Waals surface area contributed by atoms with Crippen molar-refractivity contribution >= 4 is 17.1 Å². The normalized spacial score (nSPS) is 18.2. The minimum atomic E-state index is 0.0703. The summed E-state index contributed by atoms with van der Waals surface area (Å²) in [7, 11) is 0. The molecular weight excluding hydrogens is 446 g/mol. The van der Waals surface area contributed by atoms with E-state index in [-0.39, 0.29) is 10.8 Å². The molecule has 1 heteroatoms. The van der Waals surface area contributed by atoms with Gasteiger partial charge in [-0.25, -0.2) is 0 Å². The summed E-state index contributed by atoms with van der Waals surface area (Å²) < 4.78 is 0. The Morgan fingerprint density at radius 1 is 0.514 bits per heavy atom. The summed E-state index contributed by atoms with van der Waals surface area (Å²) >= 11 is 0. The topological polar surface area (TPSA) is 3.24 Å². The molecule has 0 aromatic heterocycles. The van der Waals surface area contributed by atoms with Gasteiger partial charge in [-0.05, 0) is 80.3 Å². The van der Waals surface area contributed by atoms with Crippen LogP contribution in [0.5, 0.6) is 0 Å². The number of hydrogen-bond acceptors (Lipinski definition) is 1. The zero-order chi connectivity index (χ0) is 26.3. The maximum atomic E-state index is 2.58. The Labute approximate surface area is 223 Å². The van der Waals surface area contributed by atoms with Crippen molar-refractivity contribution in [2.45, 2.75) is 78.1 Å². The van der Waals surface area contributed by atoms with E-state index in [1.54, 1.807) is 0 Å². The van der Waals surface area contributed by atoms with E-state index >= 15 is 0 Å². The Kier molecular flexibility index (Phi) is 5.26. The molecule has 0 saturated carbocycles. The zero-order valence-corrected chi connectivity index (χ0v) is 23.6. The number of para-hydroxylation sites is 2. The monoisotopic (exact) mass is 485 g/mol. The molecular formula is C36H39N. The van der Waals surface area contributed by atoms with E-state index in [2.05, 4.69) is 139 Å². The van der Waals surface area contributed by atoms with Gasteiger partial charge in [0.25, 0.3) is 0 Å². The fraction of sp³-hybridized carbons (Fsp3) is 0.333. The van der Waals surface area contributed by atoms with E-state index in [0.29, 0.717) is 11.8 Å². The molecule has 6 rings (SSSR count). The largest absolute Gasteiger partial charge is 0.309 e. The number of nitrogens with zero attached hydrogens (tertiary/aromatic N) is 1. The van der Waals surface area contributed by atoms with Crippen LogP contribution in [0.25, 0.3) is 22.3 Å². The van der Waals surface area contributed by atoms with Crippen molar-refractivity contribution in [3.63, 3.8) is 0 Å². The molecule has 2 heterocycles. The second-order valence-electron chi connectivity index (χ2n) is 13.2. The first-order valence-electron chi connectivity index (χ1n) is 13.8. The third-order valence-electron chi connectivity index (χ3n) is 8.77. The molecule has 0 radical (unpaired) electrons. The van der Waals surface area contributed by atoms with Crippen LogP contribution in [0.15, 0.2) is 78.9 Å². The van der Waals surface area contributed by atoms with Crippen LogP contribution in [0.2, 0.25) is 0 Å². The van der Waals surface area contributed by atoms with E-state index in [1.165, 1.54) is 61.6 Å². The molecule has 0 amide bonds. The number of benzene rings is 4. The van der Waals surface area contributed by atoms with E-state index in [9.17, 15) is 0 Å². The SMILES string of the molecule is CC1c2ccccc2N2c3ccc(C(C)(C)C)cc3-c3cc(C(C)(C)C)ccc3-c3cccc(c32)C1C. The first-order chi connectivity index (χ1) is 17.5. The van der Waals surface area contributed by atoms with Crippen molar-refractivity contribution in [3.8, 4) is 22.3 Å². The second kappa shape index (κ2) is 8.09. The summed E-state index contributed by atoms with van der Waals surface area (Å²) in [6.45, 7) is 18.7. The van der Waals surface area contributed by atoms with Crippen molar-refractivity contribution in [1.29, 1.82) is 0 Å². The van der Waals surface area contributed by atoms with Gasteiger partial charge in [0.05, 0.1) is 11.4 Å². The van der Waals surface area contributed by atoms with Crippen LogP contribution in [0.3, 0.4) is 0 Å². The van der Waals surface area contributed by atoms with Gasteiger partial charge in [0, 0.05) is 16.8 Å². The average Bonchev–Trinajstić information content (AvgIpc) is 3.04. The lowest BCUT2D eigenvalue weighted by atomic mass is 9.80. The predicted molar refractivity (Wildman–Crippen MR) is 160 cm³/mol. The third-order valence-corrected chi connectivity index (χ3v) is 8.77. The summed E-state index contributed by atoms with van der Waals surface area (Å²) in [6.07, 6.45) is 0. The van der Waals surface area contributed by atoms with Gasteiger partial charge >= 0.3 is 0 Å². The van der Waals surface area contributed by atoms with Crippen molar-refractivity contribution in [1.82, 2.24) is 0 Å². The molecule has 0 saturated heterocycles. The summed E-state index contributed by atoms with van der Waals surface area (Å²) in [5.41, 5.74) is 15.0. The molecule has 188 valence electrons. The number of anilines is 3. The van der Waals surface area contributed by atoms with Crippen molar-refractivity contribution in [2.75, 3.05) is 4.90 Å². The standard InChI is InChI=1S/C36H39N/c1-22-23(2)27-13-11-14-29-28-18-16-24(35(3,4)5)20-30(28)31-21-25(36(6,7)8)17-19-33(31)37(34(27)29)32-15-10-9-12-26(22)32/h9-23H,1-8H3. The molecule has 0 spiro atoms. The first-order valence-corrected chi connectivity index (χ1v) is 13.8. The summed E-state index contributed by atoms with van der Waals surface area (Å²) in [5, 5.41) is 0. The smallest absolute Gasteiger partial charge is 0.0575 e. The molecule has 2 atom stereocenters. The molecule has 0 aliphatic carbocycles. The van der Waals surface area contributed by atoms with E-state index in [4.69, 9.17) is 0 Å². The Morgan fingerprint density at radius 2 is 1.11 bits per heavy atom. The Hall–Kier alpha value is -3.32. The quantitative estimate of drug-likeness (QED) is 0.211. The van der Waals surface area contributed by atoms with Crippen molar-refractivity contribution < 1.29 is 0 Å². The maximum Gasteiger partial charge on any atom is 0.0575 e. The summed E-state index contributed by atoms with van der Waals surface area (Å²) in [5.74, 6) is 0.837. The van der Waals surface area contributed by atoms with Gasteiger partial charge in [-0.3, -0.25) is 0 Å². The maximum absolute atomic E-state index is 2.58. The van der Waals surface area contributed by atoms with E-state index < -0.39 is 0 Å². The van der Waals surface area contributed by atoms with Gasteiger partial charge in [0.15, 0.2) is 0 Å². The van der Waals surface area contributed by atoms with Crippen LogP contribution >= 0.6 is 0 Å². The Morgan fingerprint density at radius 3 is 1.81 bits per heavy atom. The minimum absolute atomic E-state index is 0.0703. The molecule has 2 aliphatic rings. The number of fused-ring (bicyclic) bond motifs is 7. The molecule has 2 unspecified atom stereocenters. The Balaban J connectivity index is 1.80. The van der Waals surface area contributed by atoms with Crippen LogP contribution in [0.4, 0.5) is 17.1 Å². The van der Waals surface area contributed by atoms with Crippen molar-refractivity contribution in [2.24, 2.45) is 0 Å². The minimum Gasteiger partial charge on any atom is -0.309 e. The summed E-state index contributed by atoms with van der Waals surface area (Å²) in [6, 6.07) is 30.4. The molecule has 4 aromatic rings. The predicted octanol–water partition coefficient (Wildman–Crippen LogP) is 10.6. The van der Waals surface area contributed by atoms with Crippen molar-refractivity contribution in [3.05, 3.63) is 101 Å². The second-order valence-corrected chi connectivity index (χ2v) is 13.2. The average molecular weight is 486 g/mol. The van der Waals surface area contributed by atoms with Gasteiger partial charge in [-0.2, -0.15) is 0 Å². The fourth-order valence-corrected chi connectivity index (χ4v) is 6.26. The van der Waals surface area contributed by atoms with Crippen LogP contribution in [0, 0.1) is 0 Å². The number of rotatable bonds is 0. The fourth-order valence-electron chi connectivity index (χ4n) is 6.26.